The largest absolute Gasteiger partial charge is 0.482 e. The standard InChI is InChI=1S/C18H14O6/c19-15(12-4-7-14(8-5-12)22-10-17(20)21)9-6-13-2-1-3-16-18(13)24-11-23-16/h1-9H,10-11H2,(H,20,21)/b9-6-. The van der Waals surface area contributed by atoms with E-state index in [0.717, 1.165) is 5.56 Å². The third kappa shape index (κ3) is 3.55. The smallest absolute Gasteiger partial charge is 0.341 e. The number of ether oxygens (including phenoxy) is 3. The maximum Gasteiger partial charge on any atom is 0.341 e. The molecule has 24 heavy (non-hydrogen) atoms. The molecule has 2 aromatic carbocycles. The number of carboxylic acids is 1. The van der Waals surface area contributed by atoms with Crippen LogP contribution in [0, 0.1) is 0 Å². The van der Waals surface area contributed by atoms with E-state index in [9.17, 15) is 9.59 Å². The number of ketones is 1. The molecule has 0 unspecified atom stereocenters. The van der Waals surface area contributed by atoms with Crippen LogP contribution in [0.5, 0.6) is 17.2 Å². The van der Waals surface area contributed by atoms with Crippen molar-refractivity contribution in [1.82, 2.24) is 0 Å². The van der Waals surface area contributed by atoms with Gasteiger partial charge in [-0.3, -0.25) is 4.79 Å². The SMILES string of the molecule is O=C(O)COc1ccc(C(=O)/C=C\c2cccc3c2OCO3)cc1. The Morgan fingerprint density at radius 3 is 2.67 bits per heavy atom. The fourth-order valence-electron chi connectivity index (χ4n) is 2.21. The van der Waals surface area contributed by atoms with E-state index in [1.54, 1.807) is 36.4 Å². The Hall–Kier alpha value is -3.28. The first-order valence-electron chi connectivity index (χ1n) is 7.19. The zero-order valence-electron chi connectivity index (χ0n) is 12.6. The van der Waals surface area contributed by atoms with Crippen molar-refractivity contribution < 1.29 is 28.9 Å². The zero-order valence-corrected chi connectivity index (χ0v) is 12.6. The molecule has 0 amide bonds. The van der Waals surface area contributed by atoms with Crippen molar-refractivity contribution in [3.05, 3.63) is 59.7 Å². The average Bonchev–Trinajstić information content (AvgIpc) is 3.07. The predicted molar refractivity (Wildman–Crippen MR) is 85.5 cm³/mol. The lowest BCUT2D eigenvalue weighted by molar-refractivity contribution is -0.139. The molecule has 1 aliphatic rings. The molecule has 0 atom stereocenters. The zero-order chi connectivity index (χ0) is 16.9. The molecular formula is C18H14O6. The quantitative estimate of drug-likeness (QED) is 0.649. The summed E-state index contributed by atoms with van der Waals surface area (Å²) >= 11 is 0. The fourth-order valence-corrected chi connectivity index (χ4v) is 2.21. The highest BCUT2D eigenvalue weighted by Crippen LogP contribution is 2.35. The van der Waals surface area contributed by atoms with Crippen LogP contribution >= 0.6 is 0 Å². The van der Waals surface area contributed by atoms with Gasteiger partial charge in [-0.25, -0.2) is 4.79 Å². The molecule has 3 rings (SSSR count). The molecule has 2 aromatic rings. The van der Waals surface area contributed by atoms with Gasteiger partial charge in [-0.05, 0) is 42.5 Å². The molecule has 0 spiro atoms. The van der Waals surface area contributed by atoms with Crippen LogP contribution in [0.2, 0.25) is 0 Å². The van der Waals surface area contributed by atoms with Crippen molar-refractivity contribution in [3.8, 4) is 17.2 Å². The Balaban J connectivity index is 1.69. The molecule has 1 aliphatic heterocycles. The number of aliphatic carboxylic acids is 1. The summed E-state index contributed by atoms with van der Waals surface area (Å²) in [5.74, 6) is 0.434. The van der Waals surface area contributed by atoms with E-state index in [1.807, 2.05) is 12.1 Å². The Morgan fingerprint density at radius 2 is 1.92 bits per heavy atom. The van der Waals surface area contributed by atoms with E-state index < -0.39 is 12.6 Å². The molecule has 0 radical (unpaired) electrons. The van der Waals surface area contributed by atoms with Gasteiger partial charge in [0.15, 0.2) is 23.9 Å². The third-order valence-corrected chi connectivity index (χ3v) is 3.34. The number of rotatable bonds is 6. The summed E-state index contributed by atoms with van der Waals surface area (Å²) in [5, 5.41) is 8.56. The molecule has 0 aliphatic carbocycles. The van der Waals surface area contributed by atoms with Crippen molar-refractivity contribution in [2.45, 2.75) is 0 Å². The maximum absolute atomic E-state index is 12.2. The molecule has 1 N–H and O–H groups in total. The normalized spacial score (nSPS) is 12.3. The topological polar surface area (TPSA) is 82.1 Å². The highest BCUT2D eigenvalue weighted by molar-refractivity contribution is 6.07. The fraction of sp³-hybridized carbons (Fsp3) is 0.111. The van der Waals surface area contributed by atoms with E-state index in [-0.39, 0.29) is 12.6 Å². The van der Waals surface area contributed by atoms with E-state index in [0.29, 0.717) is 22.8 Å². The molecule has 6 nitrogen and oxygen atoms in total. The minimum Gasteiger partial charge on any atom is -0.482 e. The van der Waals surface area contributed by atoms with Gasteiger partial charge in [0, 0.05) is 11.1 Å². The monoisotopic (exact) mass is 326 g/mol. The van der Waals surface area contributed by atoms with Gasteiger partial charge in [0.1, 0.15) is 5.75 Å². The molecule has 0 saturated heterocycles. The van der Waals surface area contributed by atoms with Crippen molar-refractivity contribution in [2.75, 3.05) is 13.4 Å². The van der Waals surface area contributed by atoms with Crippen molar-refractivity contribution in [1.29, 1.82) is 0 Å². The summed E-state index contributed by atoms with van der Waals surface area (Å²) < 4.78 is 15.7. The summed E-state index contributed by atoms with van der Waals surface area (Å²) in [4.78, 5) is 22.6. The van der Waals surface area contributed by atoms with Gasteiger partial charge in [-0.2, -0.15) is 0 Å². The summed E-state index contributed by atoms with van der Waals surface area (Å²) in [7, 11) is 0. The summed E-state index contributed by atoms with van der Waals surface area (Å²) in [6.45, 7) is -0.250. The number of hydrogen-bond acceptors (Lipinski definition) is 5. The second kappa shape index (κ2) is 6.87. The van der Waals surface area contributed by atoms with Gasteiger partial charge < -0.3 is 19.3 Å². The molecule has 0 bridgehead atoms. The van der Waals surface area contributed by atoms with E-state index >= 15 is 0 Å². The molecule has 0 aromatic heterocycles. The van der Waals surface area contributed by atoms with E-state index in [1.165, 1.54) is 6.08 Å². The van der Waals surface area contributed by atoms with Crippen LogP contribution in [-0.2, 0) is 4.79 Å². The highest BCUT2D eigenvalue weighted by Gasteiger charge is 2.15. The minimum absolute atomic E-state index is 0.173. The molecule has 122 valence electrons. The van der Waals surface area contributed by atoms with Crippen molar-refractivity contribution in [2.24, 2.45) is 0 Å². The molecular weight excluding hydrogens is 312 g/mol. The first-order chi connectivity index (χ1) is 11.6. The number of carboxylic acid groups (broad SMARTS) is 1. The van der Waals surface area contributed by atoms with Crippen molar-refractivity contribution in [3.63, 3.8) is 0 Å². The van der Waals surface area contributed by atoms with Crippen LogP contribution < -0.4 is 14.2 Å². The van der Waals surface area contributed by atoms with Crippen LogP contribution in [0.25, 0.3) is 6.08 Å². The van der Waals surface area contributed by atoms with Crippen LogP contribution in [-0.4, -0.2) is 30.3 Å². The first-order valence-corrected chi connectivity index (χ1v) is 7.19. The molecule has 1 heterocycles. The van der Waals surface area contributed by atoms with Crippen LogP contribution in [0.4, 0.5) is 0 Å². The van der Waals surface area contributed by atoms with Crippen LogP contribution in [0.3, 0.4) is 0 Å². The van der Waals surface area contributed by atoms with Crippen molar-refractivity contribution >= 4 is 17.8 Å². The molecule has 0 fully saturated rings. The Labute approximate surface area is 137 Å². The van der Waals surface area contributed by atoms with Gasteiger partial charge in [0.05, 0.1) is 0 Å². The number of carbonyl (C=O) groups excluding carboxylic acids is 1. The minimum atomic E-state index is -1.06. The Kier molecular flexibility index (Phi) is 4.47. The second-order valence-corrected chi connectivity index (χ2v) is 4.99. The van der Waals surface area contributed by atoms with E-state index in [4.69, 9.17) is 19.3 Å². The van der Waals surface area contributed by atoms with Gasteiger partial charge in [0.2, 0.25) is 6.79 Å². The number of hydrogen-bond donors (Lipinski definition) is 1. The number of benzene rings is 2. The van der Waals surface area contributed by atoms with Gasteiger partial charge >= 0.3 is 5.97 Å². The number of carbonyl (C=O) groups is 2. The molecule has 6 heteroatoms. The van der Waals surface area contributed by atoms with Gasteiger partial charge in [-0.1, -0.05) is 12.1 Å². The van der Waals surface area contributed by atoms with Crippen LogP contribution in [0.1, 0.15) is 15.9 Å². The second-order valence-electron chi connectivity index (χ2n) is 4.99. The van der Waals surface area contributed by atoms with Gasteiger partial charge in [0.25, 0.3) is 0 Å². The number of para-hydroxylation sites is 1. The third-order valence-electron chi connectivity index (χ3n) is 3.34. The summed E-state index contributed by atoms with van der Waals surface area (Å²) in [6, 6.07) is 11.7. The predicted octanol–water partition coefficient (Wildman–Crippen LogP) is 2.77. The summed E-state index contributed by atoms with van der Waals surface area (Å²) in [5.41, 5.74) is 1.23. The lowest BCUT2D eigenvalue weighted by atomic mass is 10.1. The van der Waals surface area contributed by atoms with E-state index in [2.05, 4.69) is 0 Å². The molecule has 0 saturated carbocycles. The van der Waals surface area contributed by atoms with Gasteiger partial charge in [-0.15, -0.1) is 0 Å². The lowest BCUT2D eigenvalue weighted by Crippen LogP contribution is -2.09. The number of allylic oxidation sites excluding steroid dienone is 1. The summed E-state index contributed by atoms with van der Waals surface area (Å²) in [6.07, 6.45) is 3.12. The average molecular weight is 326 g/mol. The number of fused-ring (bicyclic) bond motifs is 1. The lowest BCUT2D eigenvalue weighted by Gasteiger charge is -2.03. The highest BCUT2D eigenvalue weighted by atomic mass is 16.7. The maximum atomic E-state index is 12.2. The Bertz CT molecular complexity index is 792. The van der Waals surface area contributed by atoms with Crippen LogP contribution in [0.15, 0.2) is 48.5 Å². The first kappa shape index (κ1) is 15.6. The Morgan fingerprint density at radius 1 is 1.12 bits per heavy atom.